The van der Waals surface area contributed by atoms with Crippen LogP contribution in [-0.2, 0) is 11.2 Å². The lowest BCUT2D eigenvalue weighted by atomic mass is 10.2. The summed E-state index contributed by atoms with van der Waals surface area (Å²) in [7, 11) is 0. The Labute approximate surface area is 93.1 Å². The van der Waals surface area contributed by atoms with Crippen LogP contribution in [0.2, 0.25) is 0 Å². The van der Waals surface area contributed by atoms with Crippen molar-refractivity contribution in [2.45, 2.75) is 13.3 Å². The van der Waals surface area contributed by atoms with Gasteiger partial charge in [0.25, 0.3) is 0 Å². The van der Waals surface area contributed by atoms with Crippen LogP contribution < -0.4 is 0 Å². The van der Waals surface area contributed by atoms with E-state index < -0.39 is 5.97 Å². The molecule has 0 spiro atoms. The summed E-state index contributed by atoms with van der Waals surface area (Å²) in [5, 5.41) is 12.8. The standard InChI is InChI=1S/C12H12N2O2/c1-9-2-4-11(5-3-9)14-7-6-10(13-14)8-12(15)16/h2-7H,8H2,1H3,(H,15,16). The Kier molecular flexibility index (Phi) is 2.72. The van der Waals surface area contributed by atoms with Crippen LogP contribution in [0, 0.1) is 6.92 Å². The summed E-state index contributed by atoms with van der Waals surface area (Å²) in [6.07, 6.45) is 1.72. The molecule has 1 N–H and O–H groups in total. The maximum absolute atomic E-state index is 10.5. The van der Waals surface area contributed by atoms with Crippen molar-refractivity contribution in [3.63, 3.8) is 0 Å². The number of aliphatic carboxylic acids is 1. The van der Waals surface area contributed by atoms with Crippen molar-refractivity contribution in [1.82, 2.24) is 9.78 Å². The molecular formula is C12H12N2O2. The Morgan fingerprint density at radius 2 is 2.00 bits per heavy atom. The zero-order valence-electron chi connectivity index (χ0n) is 8.92. The molecule has 1 aromatic carbocycles. The summed E-state index contributed by atoms with van der Waals surface area (Å²) in [5.74, 6) is -0.867. The van der Waals surface area contributed by atoms with Crippen molar-refractivity contribution >= 4 is 5.97 Å². The zero-order chi connectivity index (χ0) is 11.5. The quantitative estimate of drug-likeness (QED) is 0.851. The molecule has 0 saturated heterocycles. The first-order valence-corrected chi connectivity index (χ1v) is 4.98. The fraction of sp³-hybridized carbons (Fsp3) is 0.167. The molecule has 0 aliphatic rings. The van der Waals surface area contributed by atoms with E-state index in [-0.39, 0.29) is 6.42 Å². The molecule has 1 aromatic heterocycles. The monoisotopic (exact) mass is 216 g/mol. The van der Waals surface area contributed by atoms with E-state index in [0.29, 0.717) is 5.69 Å². The van der Waals surface area contributed by atoms with Crippen LogP contribution in [0.4, 0.5) is 0 Å². The molecule has 0 aliphatic carbocycles. The predicted molar refractivity (Wildman–Crippen MR) is 59.6 cm³/mol. The van der Waals surface area contributed by atoms with Crippen molar-refractivity contribution < 1.29 is 9.90 Å². The van der Waals surface area contributed by atoms with Gasteiger partial charge in [0.2, 0.25) is 0 Å². The number of benzene rings is 1. The van der Waals surface area contributed by atoms with Crippen molar-refractivity contribution in [3.8, 4) is 5.69 Å². The molecule has 16 heavy (non-hydrogen) atoms. The van der Waals surface area contributed by atoms with Gasteiger partial charge in [-0.25, -0.2) is 4.68 Å². The van der Waals surface area contributed by atoms with Gasteiger partial charge in [0, 0.05) is 6.20 Å². The average molecular weight is 216 g/mol. The van der Waals surface area contributed by atoms with Crippen LogP contribution in [0.3, 0.4) is 0 Å². The van der Waals surface area contributed by atoms with Crippen molar-refractivity contribution in [2.75, 3.05) is 0 Å². The van der Waals surface area contributed by atoms with Crippen LogP contribution in [0.25, 0.3) is 5.69 Å². The molecule has 4 nitrogen and oxygen atoms in total. The van der Waals surface area contributed by atoms with Gasteiger partial charge in [-0.3, -0.25) is 4.79 Å². The van der Waals surface area contributed by atoms with Crippen LogP contribution in [0.15, 0.2) is 36.5 Å². The molecule has 2 aromatic rings. The van der Waals surface area contributed by atoms with Crippen molar-refractivity contribution in [1.29, 1.82) is 0 Å². The molecule has 82 valence electrons. The zero-order valence-corrected chi connectivity index (χ0v) is 8.92. The topological polar surface area (TPSA) is 55.1 Å². The van der Waals surface area contributed by atoms with E-state index >= 15 is 0 Å². The van der Waals surface area contributed by atoms with Gasteiger partial charge in [0.15, 0.2) is 0 Å². The Balaban J connectivity index is 2.24. The van der Waals surface area contributed by atoms with E-state index in [0.717, 1.165) is 5.69 Å². The van der Waals surface area contributed by atoms with Gasteiger partial charge in [-0.05, 0) is 25.1 Å². The molecule has 1 heterocycles. The highest BCUT2D eigenvalue weighted by Gasteiger charge is 2.04. The molecule has 0 saturated carbocycles. The molecule has 0 atom stereocenters. The minimum absolute atomic E-state index is 0.0428. The van der Waals surface area contributed by atoms with E-state index in [1.807, 2.05) is 31.2 Å². The molecule has 4 heteroatoms. The number of hydrogen-bond acceptors (Lipinski definition) is 2. The first-order chi connectivity index (χ1) is 7.65. The second-order valence-corrected chi connectivity index (χ2v) is 3.66. The average Bonchev–Trinajstić information content (AvgIpc) is 2.66. The molecule has 0 amide bonds. The largest absolute Gasteiger partial charge is 0.481 e. The lowest BCUT2D eigenvalue weighted by Gasteiger charge is -2.01. The first kappa shape index (κ1) is 10.4. The third kappa shape index (κ3) is 2.28. The lowest BCUT2D eigenvalue weighted by molar-refractivity contribution is -0.136. The van der Waals surface area contributed by atoms with Gasteiger partial charge in [0.05, 0.1) is 17.8 Å². The van der Waals surface area contributed by atoms with E-state index in [2.05, 4.69) is 5.10 Å². The second-order valence-electron chi connectivity index (χ2n) is 3.66. The van der Waals surface area contributed by atoms with Gasteiger partial charge >= 0.3 is 5.97 Å². The summed E-state index contributed by atoms with van der Waals surface area (Å²) >= 11 is 0. The van der Waals surface area contributed by atoms with Crippen LogP contribution >= 0.6 is 0 Å². The van der Waals surface area contributed by atoms with Crippen molar-refractivity contribution in [2.24, 2.45) is 0 Å². The molecule has 0 unspecified atom stereocenters. The summed E-state index contributed by atoms with van der Waals surface area (Å²) in [5.41, 5.74) is 2.68. The van der Waals surface area contributed by atoms with Gasteiger partial charge in [-0.15, -0.1) is 0 Å². The minimum atomic E-state index is -0.867. The van der Waals surface area contributed by atoms with Gasteiger partial charge in [-0.1, -0.05) is 17.7 Å². The summed E-state index contributed by atoms with van der Waals surface area (Å²) in [6, 6.07) is 9.61. The number of carbonyl (C=O) groups is 1. The highest BCUT2D eigenvalue weighted by molar-refractivity contribution is 5.69. The minimum Gasteiger partial charge on any atom is -0.481 e. The Hall–Kier alpha value is -2.10. The third-order valence-corrected chi connectivity index (χ3v) is 2.28. The van der Waals surface area contributed by atoms with Crippen LogP contribution in [0.5, 0.6) is 0 Å². The van der Waals surface area contributed by atoms with E-state index in [1.165, 1.54) is 5.56 Å². The number of aryl methyl sites for hydroxylation is 1. The smallest absolute Gasteiger partial charge is 0.309 e. The normalized spacial score (nSPS) is 10.3. The second kappa shape index (κ2) is 4.18. The summed E-state index contributed by atoms with van der Waals surface area (Å²) in [6.45, 7) is 2.02. The summed E-state index contributed by atoms with van der Waals surface area (Å²) in [4.78, 5) is 10.5. The molecule has 0 fully saturated rings. The number of carboxylic acid groups (broad SMARTS) is 1. The lowest BCUT2D eigenvalue weighted by Crippen LogP contribution is -2.02. The van der Waals surface area contributed by atoms with Gasteiger partial charge < -0.3 is 5.11 Å². The van der Waals surface area contributed by atoms with Gasteiger partial charge in [0.1, 0.15) is 0 Å². The fourth-order valence-corrected chi connectivity index (χ4v) is 1.45. The maximum atomic E-state index is 10.5. The molecule has 0 bridgehead atoms. The molecular weight excluding hydrogens is 204 g/mol. The van der Waals surface area contributed by atoms with E-state index in [4.69, 9.17) is 5.11 Å². The summed E-state index contributed by atoms with van der Waals surface area (Å²) < 4.78 is 1.68. The van der Waals surface area contributed by atoms with E-state index in [1.54, 1.807) is 16.9 Å². The first-order valence-electron chi connectivity index (χ1n) is 4.98. The predicted octanol–water partition coefficient (Wildman–Crippen LogP) is 1.81. The number of hydrogen-bond donors (Lipinski definition) is 1. The molecule has 2 rings (SSSR count). The Bertz CT molecular complexity index is 500. The van der Waals surface area contributed by atoms with Crippen LogP contribution in [-0.4, -0.2) is 20.9 Å². The number of aromatic nitrogens is 2. The number of nitrogens with zero attached hydrogens (tertiary/aromatic N) is 2. The Morgan fingerprint density at radius 3 is 2.62 bits per heavy atom. The van der Waals surface area contributed by atoms with E-state index in [9.17, 15) is 4.79 Å². The number of rotatable bonds is 3. The SMILES string of the molecule is Cc1ccc(-n2ccc(CC(=O)O)n2)cc1. The molecule has 0 radical (unpaired) electrons. The molecule has 0 aliphatic heterocycles. The highest BCUT2D eigenvalue weighted by atomic mass is 16.4. The Morgan fingerprint density at radius 1 is 1.31 bits per heavy atom. The third-order valence-electron chi connectivity index (χ3n) is 2.28. The maximum Gasteiger partial charge on any atom is 0.309 e. The number of carboxylic acids is 1. The van der Waals surface area contributed by atoms with Crippen LogP contribution in [0.1, 0.15) is 11.3 Å². The fourth-order valence-electron chi connectivity index (χ4n) is 1.45. The van der Waals surface area contributed by atoms with Gasteiger partial charge in [-0.2, -0.15) is 5.10 Å². The highest BCUT2D eigenvalue weighted by Crippen LogP contribution is 2.09. The van der Waals surface area contributed by atoms with Crippen molar-refractivity contribution in [3.05, 3.63) is 47.8 Å².